The molecule has 0 aromatic heterocycles. The molecule has 1 aliphatic rings. The van der Waals surface area contributed by atoms with Crippen LogP contribution in [0.15, 0.2) is 0 Å². The Kier molecular flexibility index (Phi) is 6.15. The Bertz CT molecular complexity index is 181. The topological polar surface area (TPSA) is 0 Å². The number of rotatable bonds is 1. The van der Waals surface area contributed by atoms with Crippen molar-refractivity contribution in [1.29, 1.82) is 0 Å². The van der Waals surface area contributed by atoms with Gasteiger partial charge in [0.05, 0.1) is 0 Å². The van der Waals surface area contributed by atoms with Gasteiger partial charge in [-0.15, -0.1) is 0 Å². The van der Waals surface area contributed by atoms with Crippen LogP contribution in [-0.2, 0) is 0 Å². The van der Waals surface area contributed by atoms with E-state index in [0.717, 1.165) is 0 Å². The fourth-order valence-electron chi connectivity index (χ4n) is 1.67. The van der Waals surface area contributed by atoms with E-state index in [-0.39, 0.29) is 64.2 Å². The minimum absolute atomic E-state index is 0. The van der Waals surface area contributed by atoms with Crippen molar-refractivity contribution in [2.45, 2.75) is 43.8 Å². The molecule has 0 heterocycles. The van der Waals surface area contributed by atoms with E-state index in [1.807, 2.05) is 0 Å². The first-order valence-electron chi connectivity index (χ1n) is 4.39. The predicted molar refractivity (Wildman–Crippen MR) is 40.9 cm³/mol. The molecule has 78 valence electrons. The van der Waals surface area contributed by atoms with Crippen LogP contribution in [-0.4, -0.2) is 12.9 Å². The molecule has 1 atom stereocenters. The minimum Gasteiger partial charge on any atom is -0.449 e. The first-order valence-corrected chi connectivity index (χ1v) is 4.39. The quantitative estimate of drug-likeness (QED) is 0.361. The van der Waals surface area contributed by atoms with Crippen LogP contribution in [0.2, 0.25) is 5.82 Å². The van der Waals surface area contributed by atoms with Crippen molar-refractivity contribution in [1.82, 2.24) is 0 Å². The number of hydrogen-bond donors (Lipinski definition) is 0. The summed E-state index contributed by atoms with van der Waals surface area (Å²) in [5.74, 6) is -4.34. The second-order valence-electron chi connectivity index (χ2n) is 3.67. The molecule has 1 saturated carbocycles. The van der Waals surface area contributed by atoms with Crippen LogP contribution < -0.4 is 51.4 Å². The molecule has 0 aromatic rings. The number of halogens is 5. The van der Waals surface area contributed by atoms with Crippen molar-refractivity contribution in [3.05, 3.63) is 0 Å². The average molecular weight is 240 g/mol. The van der Waals surface area contributed by atoms with E-state index in [0.29, 0.717) is 0 Å². The summed E-state index contributed by atoms with van der Waals surface area (Å²) in [5, 5.41) is 0. The smallest absolute Gasteiger partial charge is 0.449 e. The maximum Gasteiger partial charge on any atom is 1.00 e. The SMILES string of the molecule is F[B-](F)(F)C1CCCC(F)(F)CC1.[K+]. The van der Waals surface area contributed by atoms with Crippen LogP contribution >= 0.6 is 0 Å². The molecule has 0 spiro atoms. The van der Waals surface area contributed by atoms with Crippen LogP contribution in [0.5, 0.6) is 0 Å². The zero-order valence-corrected chi connectivity index (χ0v) is 11.2. The fraction of sp³-hybridized carbons (Fsp3) is 1.00. The first-order chi connectivity index (χ1) is 5.81. The molecule has 0 aliphatic heterocycles. The van der Waals surface area contributed by atoms with E-state index in [1.165, 1.54) is 0 Å². The zero-order chi connectivity index (χ0) is 10.1. The normalized spacial score (nSPS) is 27.6. The van der Waals surface area contributed by atoms with Gasteiger partial charge in [-0.05, 0) is 0 Å². The van der Waals surface area contributed by atoms with Crippen LogP contribution in [0, 0.1) is 0 Å². The van der Waals surface area contributed by atoms with E-state index in [9.17, 15) is 21.7 Å². The standard InChI is InChI=1S/C7H11BF5.K/c9-7(10)4-1-2-6(3-5-7)8(11,12)13;/h6H,1-5H2;/q-1;+1. The molecule has 1 rings (SSSR count). The van der Waals surface area contributed by atoms with E-state index in [2.05, 4.69) is 0 Å². The first kappa shape index (κ1) is 15.4. The second-order valence-corrected chi connectivity index (χ2v) is 3.67. The molecule has 7 heteroatoms. The van der Waals surface area contributed by atoms with Crippen molar-refractivity contribution in [2.24, 2.45) is 0 Å². The Balaban J connectivity index is 0.00000169. The maximum atomic E-state index is 12.7. The monoisotopic (exact) mass is 240 g/mol. The Morgan fingerprint density at radius 2 is 1.57 bits per heavy atom. The molecule has 1 aliphatic carbocycles. The zero-order valence-electron chi connectivity index (χ0n) is 8.08. The van der Waals surface area contributed by atoms with Gasteiger partial charge in [0.25, 0.3) is 0 Å². The summed E-state index contributed by atoms with van der Waals surface area (Å²) in [5.41, 5.74) is 0. The number of alkyl halides is 2. The summed E-state index contributed by atoms with van der Waals surface area (Å²) < 4.78 is 61.9. The second kappa shape index (κ2) is 5.61. The van der Waals surface area contributed by atoms with E-state index in [1.54, 1.807) is 0 Å². The van der Waals surface area contributed by atoms with Crippen LogP contribution in [0.4, 0.5) is 21.7 Å². The van der Waals surface area contributed by atoms with Crippen LogP contribution in [0.3, 0.4) is 0 Å². The summed E-state index contributed by atoms with van der Waals surface area (Å²) in [6, 6.07) is 0. The summed E-state index contributed by atoms with van der Waals surface area (Å²) in [6.07, 6.45) is -1.55. The third kappa shape index (κ3) is 4.92. The molecule has 14 heavy (non-hydrogen) atoms. The summed E-state index contributed by atoms with van der Waals surface area (Å²) in [7, 11) is 0. The average Bonchev–Trinajstić information content (AvgIpc) is 2.08. The number of hydrogen-bond acceptors (Lipinski definition) is 0. The van der Waals surface area contributed by atoms with Crippen molar-refractivity contribution in [2.75, 3.05) is 0 Å². The Labute approximate surface area is 122 Å². The Morgan fingerprint density at radius 3 is 2.07 bits per heavy atom. The van der Waals surface area contributed by atoms with E-state index >= 15 is 0 Å². The van der Waals surface area contributed by atoms with E-state index in [4.69, 9.17) is 0 Å². The fourth-order valence-corrected chi connectivity index (χ4v) is 1.67. The van der Waals surface area contributed by atoms with Crippen LogP contribution in [0.1, 0.15) is 32.1 Å². The third-order valence-electron chi connectivity index (χ3n) is 2.53. The molecule has 0 N–H and O–H groups in total. The molecule has 1 fully saturated rings. The molecule has 1 unspecified atom stereocenters. The Hall–Kier alpha value is 1.35. The van der Waals surface area contributed by atoms with Gasteiger partial charge >= 0.3 is 58.4 Å². The summed E-state index contributed by atoms with van der Waals surface area (Å²) in [6.45, 7) is -4.93. The third-order valence-corrected chi connectivity index (χ3v) is 2.53. The van der Waals surface area contributed by atoms with Crippen molar-refractivity contribution in [3.63, 3.8) is 0 Å². The van der Waals surface area contributed by atoms with E-state index < -0.39 is 38.0 Å². The maximum absolute atomic E-state index is 12.7. The summed E-state index contributed by atoms with van der Waals surface area (Å²) >= 11 is 0. The molecular formula is C7H11BF5K. The van der Waals surface area contributed by atoms with Gasteiger partial charge in [0, 0.05) is 12.8 Å². The van der Waals surface area contributed by atoms with Gasteiger partial charge in [-0.2, -0.15) is 0 Å². The molecule has 0 bridgehead atoms. The minimum atomic E-state index is -4.93. The van der Waals surface area contributed by atoms with Gasteiger partial charge in [0.1, 0.15) is 0 Å². The molecule has 0 nitrogen and oxygen atoms in total. The Morgan fingerprint density at radius 1 is 1.00 bits per heavy atom. The predicted octanol–water partition coefficient (Wildman–Crippen LogP) is 0.807. The van der Waals surface area contributed by atoms with Gasteiger partial charge in [-0.1, -0.05) is 25.1 Å². The molecular weight excluding hydrogens is 229 g/mol. The largest absolute Gasteiger partial charge is 1.00 e. The van der Waals surface area contributed by atoms with Gasteiger partial charge in [-0.3, -0.25) is 0 Å². The van der Waals surface area contributed by atoms with Crippen molar-refractivity contribution in [3.8, 4) is 0 Å². The molecule has 0 radical (unpaired) electrons. The van der Waals surface area contributed by atoms with Gasteiger partial charge in [-0.25, -0.2) is 8.78 Å². The summed E-state index contributed by atoms with van der Waals surface area (Å²) in [4.78, 5) is 0. The van der Waals surface area contributed by atoms with Gasteiger partial charge < -0.3 is 12.9 Å². The van der Waals surface area contributed by atoms with Crippen molar-refractivity contribution >= 4 is 6.98 Å². The molecule has 0 saturated heterocycles. The molecule has 0 aromatic carbocycles. The van der Waals surface area contributed by atoms with Crippen molar-refractivity contribution < 1.29 is 73.1 Å². The van der Waals surface area contributed by atoms with Gasteiger partial charge in [0.15, 0.2) is 0 Å². The van der Waals surface area contributed by atoms with Crippen LogP contribution in [0.25, 0.3) is 0 Å². The van der Waals surface area contributed by atoms with Gasteiger partial charge in [0.2, 0.25) is 5.92 Å². The molecule has 0 amide bonds.